The lowest BCUT2D eigenvalue weighted by Gasteiger charge is -2.19. The van der Waals surface area contributed by atoms with Gasteiger partial charge in [-0.25, -0.2) is 0 Å². The molecule has 132 valence electrons. The summed E-state index contributed by atoms with van der Waals surface area (Å²) in [5, 5.41) is 30.7. The number of non-ortho nitro benzene ring substituents is 1. The van der Waals surface area contributed by atoms with Gasteiger partial charge in [0.2, 0.25) is 0 Å². The van der Waals surface area contributed by atoms with E-state index >= 15 is 0 Å². The minimum atomic E-state index is -0.480. The molecule has 1 aromatic carbocycles. The van der Waals surface area contributed by atoms with Gasteiger partial charge < -0.3 is 0 Å². The first-order valence-corrected chi connectivity index (χ1v) is 11.6. The van der Waals surface area contributed by atoms with E-state index in [9.17, 15) is 20.6 Å². The minimum Gasteiger partial charge on any atom is -0.258 e. The molecule has 0 saturated carbocycles. The molecule has 0 N–H and O–H groups in total. The fraction of sp³-hybridized carbons (Fsp3) is 0.294. The zero-order valence-corrected chi connectivity index (χ0v) is 16.8. The Morgan fingerprint density at radius 2 is 1.35 bits per heavy atom. The fourth-order valence-electron chi connectivity index (χ4n) is 2.65. The molecule has 2 heterocycles. The molecule has 2 saturated heterocycles. The monoisotopic (exact) mass is 419 g/mol. The first-order chi connectivity index (χ1) is 12.7. The van der Waals surface area contributed by atoms with Crippen LogP contribution in [0, 0.1) is 32.8 Å². The van der Waals surface area contributed by atoms with Gasteiger partial charge in [-0.3, -0.25) is 10.1 Å². The molecule has 0 unspecified atom stereocenters. The van der Waals surface area contributed by atoms with Crippen LogP contribution in [-0.2, 0) is 0 Å². The highest BCUT2D eigenvalue weighted by atomic mass is 32.2. The third-order valence-electron chi connectivity index (χ3n) is 3.79. The van der Waals surface area contributed by atoms with Crippen molar-refractivity contribution >= 4 is 52.7 Å². The number of nitro groups is 1. The van der Waals surface area contributed by atoms with Gasteiger partial charge in [0, 0.05) is 35.1 Å². The van der Waals surface area contributed by atoms with Gasteiger partial charge in [0.1, 0.15) is 0 Å². The molecule has 0 aliphatic carbocycles. The lowest BCUT2D eigenvalue weighted by atomic mass is 9.87. The van der Waals surface area contributed by atoms with Crippen molar-refractivity contribution in [3.05, 3.63) is 59.6 Å². The van der Waals surface area contributed by atoms with Crippen molar-refractivity contribution in [2.45, 2.75) is 5.92 Å². The Balaban J connectivity index is 2.14. The van der Waals surface area contributed by atoms with Gasteiger partial charge in [-0.1, -0.05) is 12.1 Å². The summed E-state index contributed by atoms with van der Waals surface area (Å²) in [6.07, 6.45) is 0. The van der Waals surface area contributed by atoms with E-state index in [-0.39, 0.29) is 5.69 Å². The normalized spacial score (nSPS) is 16.4. The highest BCUT2D eigenvalue weighted by Crippen LogP contribution is 2.49. The highest BCUT2D eigenvalue weighted by Gasteiger charge is 2.30. The summed E-state index contributed by atoms with van der Waals surface area (Å²) in [5.74, 6) is 3.30. The Hall–Kier alpha value is -1.52. The summed E-state index contributed by atoms with van der Waals surface area (Å²) in [7, 11) is 0. The molecule has 0 radical (unpaired) electrons. The molecule has 5 nitrogen and oxygen atoms in total. The number of allylic oxidation sites excluding steroid dienone is 2. The molecule has 0 spiro atoms. The van der Waals surface area contributed by atoms with E-state index in [1.165, 1.54) is 12.1 Å². The maximum absolute atomic E-state index is 10.9. The predicted molar refractivity (Wildman–Crippen MR) is 111 cm³/mol. The molecule has 1 aromatic rings. The number of hydrogen-bond acceptors (Lipinski definition) is 8. The maximum atomic E-state index is 10.9. The van der Waals surface area contributed by atoms with E-state index in [0.717, 1.165) is 37.0 Å². The van der Waals surface area contributed by atoms with E-state index in [1.807, 2.05) is 0 Å². The molecule has 26 heavy (non-hydrogen) atoms. The van der Waals surface area contributed by atoms with Gasteiger partial charge in [-0.15, -0.1) is 47.0 Å². The number of nitro benzene ring substituents is 1. The van der Waals surface area contributed by atoms with Crippen LogP contribution in [0.5, 0.6) is 0 Å². The summed E-state index contributed by atoms with van der Waals surface area (Å²) in [6, 6.07) is 10.8. The summed E-state index contributed by atoms with van der Waals surface area (Å²) >= 11 is 6.57. The Morgan fingerprint density at radius 1 is 0.923 bits per heavy atom. The van der Waals surface area contributed by atoms with Crippen molar-refractivity contribution in [3.63, 3.8) is 0 Å². The minimum absolute atomic E-state index is 0.000876. The third-order valence-corrected chi connectivity index (χ3v) is 9.29. The molecule has 0 amide bonds. The zero-order chi connectivity index (χ0) is 18.5. The second-order valence-corrected chi connectivity index (χ2v) is 10.2. The van der Waals surface area contributed by atoms with Crippen molar-refractivity contribution in [1.29, 1.82) is 10.5 Å². The number of nitrogens with zero attached hydrogens (tertiary/aromatic N) is 3. The van der Waals surface area contributed by atoms with Crippen LogP contribution in [0.2, 0.25) is 0 Å². The zero-order valence-electron chi connectivity index (χ0n) is 13.5. The lowest BCUT2D eigenvalue weighted by Crippen LogP contribution is -2.07. The number of rotatable bonds is 4. The van der Waals surface area contributed by atoms with Crippen LogP contribution < -0.4 is 0 Å². The summed E-state index contributed by atoms with van der Waals surface area (Å²) in [5.41, 5.74) is 1.89. The standard InChI is InChI=1S/C17H13N3O2S4/c18-9-13(16-23-5-6-24-16)15(14(10-19)17-25-7-8-26-17)11-1-3-12(4-2-11)20(21)22/h1-4,15H,5-8H2. The quantitative estimate of drug-likeness (QED) is 0.378. The summed E-state index contributed by atoms with van der Waals surface area (Å²) in [6.45, 7) is 0. The van der Waals surface area contributed by atoms with Crippen molar-refractivity contribution in [1.82, 2.24) is 0 Å². The topological polar surface area (TPSA) is 90.7 Å². The average molecular weight is 420 g/mol. The number of hydrogen-bond donors (Lipinski definition) is 0. The van der Waals surface area contributed by atoms with E-state index in [1.54, 1.807) is 59.2 Å². The fourth-order valence-corrected chi connectivity index (χ4v) is 7.67. The molecule has 0 atom stereocenters. The van der Waals surface area contributed by atoms with Gasteiger partial charge in [-0.2, -0.15) is 10.5 Å². The van der Waals surface area contributed by atoms with Crippen molar-refractivity contribution in [2.24, 2.45) is 0 Å². The van der Waals surface area contributed by atoms with Gasteiger partial charge >= 0.3 is 0 Å². The van der Waals surface area contributed by atoms with Crippen LogP contribution >= 0.6 is 47.0 Å². The van der Waals surface area contributed by atoms with E-state index in [4.69, 9.17) is 0 Å². The van der Waals surface area contributed by atoms with Gasteiger partial charge in [-0.05, 0) is 5.56 Å². The first-order valence-electron chi connectivity index (χ1n) is 7.69. The molecule has 2 aliphatic rings. The van der Waals surface area contributed by atoms with E-state index < -0.39 is 10.8 Å². The van der Waals surface area contributed by atoms with Gasteiger partial charge in [0.15, 0.2) is 0 Å². The SMILES string of the molecule is N#CC(=C1SCCS1)C(C(C#N)=C1SCCS1)c1ccc([N+](=O)[O-])cc1. The molecule has 2 aliphatic heterocycles. The molecule has 3 rings (SSSR count). The largest absolute Gasteiger partial charge is 0.269 e. The molecule has 9 heteroatoms. The van der Waals surface area contributed by atoms with Gasteiger partial charge in [0.25, 0.3) is 5.69 Å². The molecule has 2 fully saturated rings. The Kier molecular flexibility index (Phi) is 6.60. The lowest BCUT2D eigenvalue weighted by molar-refractivity contribution is -0.384. The predicted octanol–water partition coefficient (Wildman–Crippen LogP) is 5.11. The van der Waals surface area contributed by atoms with Crippen LogP contribution in [-0.4, -0.2) is 27.9 Å². The molecular formula is C17H13N3O2S4. The number of nitriles is 2. The van der Waals surface area contributed by atoms with Crippen LogP contribution in [0.4, 0.5) is 5.69 Å². The van der Waals surface area contributed by atoms with E-state index in [2.05, 4.69) is 12.1 Å². The van der Waals surface area contributed by atoms with Crippen LogP contribution in [0.15, 0.2) is 43.9 Å². The van der Waals surface area contributed by atoms with Crippen LogP contribution in [0.3, 0.4) is 0 Å². The van der Waals surface area contributed by atoms with Crippen LogP contribution in [0.25, 0.3) is 0 Å². The Bertz CT molecular complexity index is 805. The highest BCUT2D eigenvalue weighted by molar-refractivity contribution is 8.25. The molecule has 0 bridgehead atoms. The third kappa shape index (κ3) is 4.07. The van der Waals surface area contributed by atoms with E-state index in [0.29, 0.717) is 11.1 Å². The van der Waals surface area contributed by atoms with Crippen molar-refractivity contribution < 1.29 is 4.92 Å². The Labute approximate surface area is 168 Å². The van der Waals surface area contributed by atoms with Crippen LogP contribution in [0.1, 0.15) is 11.5 Å². The first kappa shape index (κ1) is 19.2. The number of benzene rings is 1. The van der Waals surface area contributed by atoms with Gasteiger partial charge in [0.05, 0.1) is 42.6 Å². The Morgan fingerprint density at radius 3 is 1.69 bits per heavy atom. The summed E-state index contributed by atoms with van der Waals surface area (Å²) in [4.78, 5) is 10.5. The molecular weight excluding hydrogens is 406 g/mol. The second-order valence-electron chi connectivity index (χ2n) is 5.30. The molecule has 0 aromatic heterocycles. The maximum Gasteiger partial charge on any atom is 0.269 e. The summed E-state index contributed by atoms with van der Waals surface area (Å²) < 4.78 is 1.91. The second kappa shape index (κ2) is 8.92. The number of thioether (sulfide) groups is 4. The average Bonchev–Trinajstić information content (AvgIpc) is 3.36. The smallest absolute Gasteiger partial charge is 0.258 e. The van der Waals surface area contributed by atoms with Crippen molar-refractivity contribution in [3.8, 4) is 12.1 Å². The van der Waals surface area contributed by atoms with Crippen molar-refractivity contribution in [2.75, 3.05) is 23.0 Å².